The number of benzene rings is 1. The molecule has 5 nitrogen and oxygen atoms in total. The fourth-order valence-corrected chi connectivity index (χ4v) is 3.51. The Hall–Kier alpha value is -2.18. The molecule has 0 spiro atoms. The summed E-state index contributed by atoms with van der Waals surface area (Å²) in [4.78, 5) is 12.5. The summed E-state index contributed by atoms with van der Waals surface area (Å²) in [5.74, 6) is 1.23. The molecule has 0 unspecified atom stereocenters. The van der Waals surface area contributed by atoms with Gasteiger partial charge in [-0.25, -0.2) is 9.97 Å². The Morgan fingerprint density at radius 2 is 1.91 bits per heavy atom. The van der Waals surface area contributed by atoms with E-state index in [4.69, 9.17) is 15.5 Å². The van der Waals surface area contributed by atoms with Gasteiger partial charge in [-0.2, -0.15) is 0 Å². The molecule has 3 heterocycles. The molecule has 4 rings (SSSR count). The molecule has 22 heavy (non-hydrogen) atoms. The van der Waals surface area contributed by atoms with Gasteiger partial charge in [-0.15, -0.1) is 11.3 Å². The SMILES string of the molecule is Nc1nc(-c2ccccc2N2CCOCC2)nc2sccc12. The van der Waals surface area contributed by atoms with E-state index in [2.05, 4.69) is 22.0 Å². The predicted molar refractivity (Wildman–Crippen MR) is 90.3 cm³/mol. The van der Waals surface area contributed by atoms with Crippen LogP contribution < -0.4 is 10.6 Å². The number of ether oxygens (including phenoxy) is 1. The van der Waals surface area contributed by atoms with E-state index in [1.807, 2.05) is 23.6 Å². The number of rotatable bonds is 2. The molecule has 1 saturated heterocycles. The van der Waals surface area contributed by atoms with Crippen molar-refractivity contribution in [2.45, 2.75) is 0 Å². The molecule has 1 aliphatic heterocycles. The minimum Gasteiger partial charge on any atom is -0.383 e. The molecule has 0 atom stereocenters. The Bertz CT molecular complexity index is 811. The molecule has 0 aliphatic carbocycles. The number of nitrogens with two attached hydrogens (primary N) is 1. The average molecular weight is 312 g/mol. The summed E-state index contributed by atoms with van der Waals surface area (Å²) in [5.41, 5.74) is 8.25. The van der Waals surface area contributed by atoms with Crippen LogP contribution in [0, 0.1) is 0 Å². The van der Waals surface area contributed by atoms with E-state index in [1.54, 1.807) is 11.3 Å². The van der Waals surface area contributed by atoms with Crippen molar-refractivity contribution in [3.05, 3.63) is 35.7 Å². The van der Waals surface area contributed by atoms with Crippen LogP contribution in [0.25, 0.3) is 21.6 Å². The molecular formula is C16H16N4OS. The van der Waals surface area contributed by atoms with Crippen molar-refractivity contribution < 1.29 is 4.74 Å². The summed E-state index contributed by atoms with van der Waals surface area (Å²) in [6, 6.07) is 10.2. The van der Waals surface area contributed by atoms with Crippen LogP contribution in [0.2, 0.25) is 0 Å². The van der Waals surface area contributed by atoms with E-state index >= 15 is 0 Å². The van der Waals surface area contributed by atoms with Crippen molar-refractivity contribution in [1.29, 1.82) is 0 Å². The maximum Gasteiger partial charge on any atom is 0.165 e. The fraction of sp³-hybridized carbons (Fsp3) is 0.250. The number of thiophene rings is 1. The zero-order valence-corrected chi connectivity index (χ0v) is 12.8. The molecular weight excluding hydrogens is 296 g/mol. The summed E-state index contributed by atoms with van der Waals surface area (Å²) >= 11 is 1.59. The van der Waals surface area contributed by atoms with E-state index in [9.17, 15) is 0 Å². The first-order valence-corrected chi connectivity index (χ1v) is 8.14. The lowest BCUT2D eigenvalue weighted by Crippen LogP contribution is -2.36. The van der Waals surface area contributed by atoms with Crippen LogP contribution in [0.4, 0.5) is 11.5 Å². The largest absolute Gasteiger partial charge is 0.383 e. The highest BCUT2D eigenvalue weighted by Crippen LogP contribution is 2.32. The molecule has 112 valence electrons. The number of hydrogen-bond donors (Lipinski definition) is 1. The third-order valence-electron chi connectivity index (χ3n) is 3.85. The summed E-state index contributed by atoms with van der Waals surface area (Å²) in [7, 11) is 0. The van der Waals surface area contributed by atoms with E-state index < -0.39 is 0 Å². The highest BCUT2D eigenvalue weighted by atomic mass is 32.1. The van der Waals surface area contributed by atoms with Gasteiger partial charge in [0.2, 0.25) is 0 Å². The minimum atomic E-state index is 0.540. The Kier molecular flexibility index (Phi) is 3.40. The highest BCUT2D eigenvalue weighted by molar-refractivity contribution is 7.16. The van der Waals surface area contributed by atoms with Gasteiger partial charge >= 0.3 is 0 Å². The van der Waals surface area contributed by atoms with Gasteiger partial charge in [0, 0.05) is 24.3 Å². The third kappa shape index (κ3) is 2.30. The molecule has 0 saturated carbocycles. The van der Waals surface area contributed by atoms with Crippen molar-refractivity contribution in [2.24, 2.45) is 0 Å². The molecule has 0 amide bonds. The maximum atomic E-state index is 6.09. The minimum absolute atomic E-state index is 0.540. The lowest BCUT2D eigenvalue weighted by Gasteiger charge is -2.30. The Labute approximate surface area is 132 Å². The first-order chi connectivity index (χ1) is 10.8. The third-order valence-corrected chi connectivity index (χ3v) is 4.66. The van der Waals surface area contributed by atoms with E-state index in [0.717, 1.165) is 47.8 Å². The van der Waals surface area contributed by atoms with Gasteiger partial charge in [0.05, 0.1) is 18.6 Å². The first kappa shape index (κ1) is 13.5. The zero-order valence-electron chi connectivity index (χ0n) is 12.0. The van der Waals surface area contributed by atoms with Gasteiger partial charge in [-0.3, -0.25) is 0 Å². The van der Waals surface area contributed by atoms with Crippen molar-refractivity contribution in [3.8, 4) is 11.4 Å². The molecule has 3 aromatic rings. The smallest absolute Gasteiger partial charge is 0.165 e. The Morgan fingerprint density at radius 3 is 2.77 bits per heavy atom. The van der Waals surface area contributed by atoms with Crippen LogP contribution in [-0.4, -0.2) is 36.3 Å². The molecule has 6 heteroatoms. The average Bonchev–Trinajstić information content (AvgIpc) is 3.05. The van der Waals surface area contributed by atoms with Gasteiger partial charge in [-0.05, 0) is 23.6 Å². The second-order valence-corrected chi connectivity index (χ2v) is 6.08. The van der Waals surface area contributed by atoms with E-state index in [-0.39, 0.29) is 0 Å². The second-order valence-electron chi connectivity index (χ2n) is 5.19. The van der Waals surface area contributed by atoms with Crippen LogP contribution in [-0.2, 0) is 4.74 Å². The normalized spacial score (nSPS) is 15.4. The Morgan fingerprint density at radius 1 is 1.09 bits per heavy atom. The van der Waals surface area contributed by atoms with Crippen LogP contribution in [0.5, 0.6) is 0 Å². The molecule has 2 aromatic heterocycles. The van der Waals surface area contributed by atoms with Crippen LogP contribution in [0.3, 0.4) is 0 Å². The number of para-hydroxylation sites is 1. The predicted octanol–water partition coefficient (Wildman–Crippen LogP) is 2.78. The summed E-state index contributed by atoms with van der Waals surface area (Å²) in [5, 5.41) is 2.92. The summed E-state index contributed by atoms with van der Waals surface area (Å²) in [6.07, 6.45) is 0. The van der Waals surface area contributed by atoms with Gasteiger partial charge in [0.1, 0.15) is 10.6 Å². The number of nitrogens with zero attached hydrogens (tertiary/aromatic N) is 3. The first-order valence-electron chi connectivity index (χ1n) is 7.26. The lowest BCUT2D eigenvalue weighted by molar-refractivity contribution is 0.123. The number of hydrogen-bond acceptors (Lipinski definition) is 6. The molecule has 1 fully saturated rings. The number of nitrogen functional groups attached to an aromatic ring is 1. The maximum absolute atomic E-state index is 6.09. The van der Waals surface area contributed by atoms with E-state index in [0.29, 0.717) is 11.6 Å². The van der Waals surface area contributed by atoms with Crippen LogP contribution in [0.1, 0.15) is 0 Å². The van der Waals surface area contributed by atoms with Crippen molar-refractivity contribution >= 4 is 33.1 Å². The molecule has 1 aromatic carbocycles. The summed E-state index contributed by atoms with van der Waals surface area (Å²) < 4.78 is 5.44. The number of fused-ring (bicyclic) bond motifs is 1. The van der Waals surface area contributed by atoms with Crippen LogP contribution in [0.15, 0.2) is 35.7 Å². The quantitative estimate of drug-likeness (QED) is 0.788. The van der Waals surface area contributed by atoms with Crippen molar-refractivity contribution in [3.63, 3.8) is 0 Å². The zero-order chi connectivity index (χ0) is 14.9. The van der Waals surface area contributed by atoms with Gasteiger partial charge in [0.25, 0.3) is 0 Å². The molecule has 2 N–H and O–H groups in total. The lowest BCUT2D eigenvalue weighted by atomic mass is 10.1. The monoisotopic (exact) mass is 312 g/mol. The van der Waals surface area contributed by atoms with Gasteiger partial charge in [0.15, 0.2) is 5.82 Å². The van der Waals surface area contributed by atoms with Gasteiger partial charge in [-0.1, -0.05) is 12.1 Å². The Balaban J connectivity index is 1.83. The molecule has 0 bridgehead atoms. The molecule has 1 aliphatic rings. The molecule has 0 radical (unpaired) electrons. The topological polar surface area (TPSA) is 64.3 Å². The second kappa shape index (κ2) is 5.55. The highest BCUT2D eigenvalue weighted by Gasteiger charge is 2.17. The number of morpholine rings is 1. The fourth-order valence-electron chi connectivity index (χ4n) is 2.74. The van der Waals surface area contributed by atoms with Crippen molar-refractivity contribution in [2.75, 3.05) is 36.9 Å². The van der Waals surface area contributed by atoms with Crippen molar-refractivity contribution in [1.82, 2.24) is 9.97 Å². The summed E-state index contributed by atoms with van der Waals surface area (Å²) in [6.45, 7) is 3.27. The van der Waals surface area contributed by atoms with E-state index in [1.165, 1.54) is 0 Å². The van der Waals surface area contributed by atoms with Gasteiger partial charge < -0.3 is 15.4 Å². The number of aromatic nitrogens is 2. The van der Waals surface area contributed by atoms with Crippen LogP contribution >= 0.6 is 11.3 Å². The number of anilines is 2. The standard InChI is InChI=1S/C16H16N4OS/c17-14-12-5-10-22-16(12)19-15(18-14)11-3-1-2-4-13(11)20-6-8-21-9-7-20/h1-5,10H,6-9H2,(H2,17,18,19).